The number of likely N-dealkylation sites (tertiary alicyclic amines) is 1. The second-order valence-corrected chi connectivity index (χ2v) is 15.3. The third-order valence-corrected chi connectivity index (χ3v) is 9.70. The van der Waals surface area contributed by atoms with Crippen LogP contribution >= 0.6 is 18.7 Å². The molecule has 3 aromatic rings. The summed E-state index contributed by atoms with van der Waals surface area (Å²) in [5, 5.41) is 18.1. The SMILES string of the molecule is CC(C)(O)c1ccc(Nc2nc(Nc3ccc4c(c3)CC[C@@H](N3CCCC3)CC4)ncc2Cl)c(P(C)(C)=O)c1. The predicted octanol–water partition coefficient (Wildman–Crippen LogP) is 6.44. The molecule has 0 saturated carbocycles. The number of aliphatic hydroxyl groups is 1. The molecular formula is C30H39ClN5O2P. The summed E-state index contributed by atoms with van der Waals surface area (Å²) >= 11 is 6.47. The number of nitrogens with one attached hydrogen (secondary N) is 2. The third kappa shape index (κ3) is 6.66. The van der Waals surface area contributed by atoms with E-state index >= 15 is 0 Å². The largest absolute Gasteiger partial charge is 0.386 e. The number of halogens is 1. The van der Waals surface area contributed by atoms with E-state index in [4.69, 9.17) is 11.6 Å². The van der Waals surface area contributed by atoms with E-state index in [9.17, 15) is 9.67 Å². The fourth-order valence-corrected chi connectivity index (χ4v) is 6.97. The highest BCUT2D eigenvalue weighted by Gasteiger charge is 2.25. The summed E-state index contributed by atoms with van der Waals surface area (Å²) in [6.45, 7) is 9.34. The van der Waals surface area contributed by atoms with Crippen LogP contribution in [0.25, 0.3) is 0 Å². The lowest BCUT2D eigenvalue weighted by atomic mass is 9.98. The molecule has 2 aliphatic rings. The van der Waals surface area contributed by atoms with Crippen LogP contribution in [-0.2, 0) is 23.0 Å². The van der Waals surface area contributed by atoms with Crippen LogP contribution in [-0.4, -0.2) is 52.4 Å². The Morgan fingerprint density at radius 2 is 1.74 bits per heavy atom. The highest BCUT2D eigenvalue weighted by Crippen LogP contribution is 2.40. The zero-order valence-electron chi connectivity index (χ0n) is 23.3. The number of aryl methyl sites for hydroxylation is 2. The minimum atomic E-state index is -2.68. The molecule has 5 rings (SSSR count). The number of hydrogen-bond acceptors (Lipinski definition) is 7. The maximum Gasteiger partial charge on any atom is 0.229 e. The molecule has 0 amide bonds. The first-order valence-electron chi connectivity index (χ1n) is 13.8. The highest BCUT2D eigenvalue weighted by atomic mass is 35.5. The molecule has 2 heterocycles. The minimum absolute atomic E-state index is 0.356. The van der Waals surface area contributed by atoms with Crippen LogP contribution in [0.4, 0.5) is 23.1 Å². The standard InChI is InChI=1S/C30H39ClN5O2P/c1-30(2,37)22-10-14-26(27(18-22)39(3,4)38)34-28-25(31)19-32-29(35-28)33-23-11-7-20-8-12-24(13-9-21(20)17-23)36-15-5-6-16-36/h7,10-11,14,17-19,24,37H,5-6,8-9,12-13,15-16H2,1-4H3,(H2,32,33,34,35)/t24-/m0/s1. The maximum atomic E-state index is 13.1. The Balaban J connectivity index is 1.35. The van der Waals surface area contributed by atoms with Crippen LogP contribution in [0.2, 0.25) is 5.02 Å². The predicted molar refractivity (Wildman–Crippen MR) is 162 cm³/mol. The van der Waals surface area contributed by atoms with E-state index in [1.54, 1.807) is 39.4 Å². The van der Waals surface area contributed by atoms with Crippen molar-refractivity contribution < 1.29 is 9.67 Å². The van der Waals surface area contributed by atoms with Crippen molar-refractivity contribution >= 4 is 47.2 Å². The van der Waals surface area contributed by atoms with Crippen molar-refractivity contribution in [1.82, 2.24) is 14.9 Å². The molecule has 208 valence electrons. The lowest BCUT2D eigenvalue weighted by Crippen LogP contribution is -2.32. The van der Waals surface area contributed by atoms with Crippen LogP contribution in [0.3, 0.4) is 0 Å². The van der Waals surface area contributed by atoms with Crippen LogP contribution in [0.5, 0.6) is 0 Å². The summed E-state index contributed by atoms with van der Waals surface area (Å²) in [6, 6.07) is 12.7. The molecule has 2 aromatic carbocycles. The highest BCUT2D eigenvalue weighted by molar-refractivity contribution is 7.70. The fraction of sp³-hybridized carbons (Fsp3) is 0.467. The summed E-state index contributed by atoms with van der Waals surface area (Å²) in [6.07, 6.45) is 8.86. The minimum Gasteiger partial charge on any atom is -0.386 e. The quantitative estimate of drug-likeness (QED) is 0.224. The van der Waals surface area contributed by atoms with Gasteiger partial charge in [-0.3, -0.25) is 0 Å². The fourth-order valence-electron chi connectivity index (χ4n) is 5.68. The molecule has 1 saturated heterocycles. The summed E-state index contributed by atoms with van der Waals surface area (Å²) in [7, 11) is -2.68. The number of rotatable bonds is 7. The van der Waals surface area contributed by atoms with Gasteiger partial charge in [0.2, 0.25) is 5.95 Å². The van der Waals surface area contributed by atoms with Gasteiger partial charge in [-0.05, 0) is 120 Å². The van der Waals surface area contributed by atoms with Gasteiger partial charge in [0.1, 0.15) is 12.2 Å². The molecule has 39 heavy (non-hydrogen) atoms. The molecule has 0 bridgehead atoms. The summed E-state index contributed by atoms with van der Waals surface area (Å²) < 4.78 is 13.1. The van der Waals surface area contributed by atoms with Gasteiger partial charge < -0.3 is 25.2 Å². The van der Waals surface area contributed by atoms with E-state index in [-0.39, 0.29) is 0 Å². The Labute approximate surface area is 236 Å². The normalized spacial score (nSPS) is 18.5. The van der Waals surface area contributed by atoms with Gasteiger partial charge in [-0.25, -0.2) is 4.98 Å². The monoisotopic (exact) mass is 567 g/mol. The van der Waals surface area contributed by atoms with Gasteiger partial charge >= 0.3 is 0 Å². The van der Waals surface area contributed by atoms with E-state index in [1.807, 2.05) is 12.1 Å². The number of benzene rings is 2. The van der Waals surface area contributed by atoms with Gasteiger partial charge in [0.15, 0.2) is 5.82 Å². The van der Waals surface area contributed by atoms with Gasteiger partial charge in [0.05, 0.1) is 17.5 Å². The molecule has 7 nitrogen and oxygen atoms in total. The molecular weight excluding hydrogens is 529 g/mol. The van der Waals surface area contributed by atoms with Gasteiger partial charge in [0, 0.05) is 17.0 Å². The Kier molecular flexibility index (Phi) is 8.08. The molecule has 0 spiro atoms. The molecule has 1 aromatic heterocycles. The second kappa shape index (κ2) is 11.2. The van der Waals surface area contributed by atoms with Crippen LogP contribution in [0.15, 0.2) is 42.6 Å². The first kappa shape index (κ1) is 28.1. The van der Waals surface area contributed by atoms with Crippen molar-refractivity contribution in [2.45, 2.75) is 64.0 Å². The molecule has 1 fully saturated rings. The number of fused-ring (bicyclic) bond motifs is 1. The van der Waals surface area contributed by atoms with Crippen LogP contribution in [0, 0.1) is 0 Å². The van der Waals surface area contributed by atoms with Crippen LogP contribution in [0.1, 0.15) is 56.2 Å². The van der Waals surface area contributed by atoms with Gasteiger partial charge in [-0.1, -0.05) is 23.7 Å². The Morgan fingerprint density at radius 3 is 2.44 bits per heavy atom. The zero-order chi connectivity index (χ0) is 27.8. The molecule has 1 aliphatic carbocycles. The molecule has 1 atom stereocenters. The van der Waals surface area contributed by atoms with E-state index in [0.717, 1.165) is 18.5 Å². The molecule has 3 N–H and O–H groups in total. The second-order valence-electron chi connectivity index (χ2n) is 11.7. The summed E-state index contributed by atoms with van der Waals surface area (Å²) in [5.74, 6) is 0.847. The first-order valence-corrected chi connectivity index (χ1v) is 16.8. The maximum absolute atomic E-state index is 13.1. The van der Waals surface area contributed by atoms with Gasteiger partial charge in [-0.15, -0.1) is 0 Å². The Hall–Kier alpha value is -2.44. The first-order chi connectivity index (χ1) is 18.5. The molecule has 9 heteroatoms. The number of nitrogens with zero attached hydrogens (tertiary/aromatic N) is 3. The van der Waals surface area contributed by atoms with Crippen molar-refractivity contribution in [3.05, 3.63) is 64.3 Å². The third-order valence-electron chi connectivity index (χ3n) is 7.89. The number of anilines is 4. The van der Waals surface area contributed by atoms with Crippen molar-refractivity contribution in [2.24, 2.45) is 0 Å². The average molecular weight is 568 g/mol. The molecule has 0 radical (unpaired) electrons. The van der Waals surface area contributed by atoms with E-state index < -0.39 is 12.7 Å². The van der Waals surface area contributed by atoms with Gasteiger partial charge in [0.25, 0.3) is 0 Å². The lowest BCUT2D eigenvalue weighted by Gasteiger charge is -2.25. The molecule has 1 aliphatic heterocycles. The topological polar surface area (TPSA) is 90.4 Å². The van der Waals surface area contributed by atoms with E-state index in [1.165, 1.54) is 49.9 Å². The van der Waals surface area contributed by atoms with Crippen molar-refractivity contribution in [3.63, 3.8) is 0 Å². The number of hydrogen-bond donors (Lipinski definition) is 3. The van der Waals surface area contributed by atoms with Gasteiger partial charge in [-0.2, -0.15) is 4.98 Å². The van der Waals surface area contributed by atoms with Crippen molar-refractivity contribution in [2.75, 3.05) is 37.1 Å². The Morgan fingerprint density at radius 1 is 1.03 bits per heavy atom. The van der Waals surface area contributed by atoms with E-state index in [2.05, 4.69) is 43.7 Å². The lowest BCUT2D eigenvalue weighted by molar-refractivity contribution is 0.0787. The average Bonchev–Trinajstić information content (AvgIpc) is 3.32. The van der Waals surface area contributed by atoms with Crippen molar-refractivity contribution in [1.29, 1.82) is 0 Å². The van der Waals surface area contributed by atoms with Crippen LogP contribution < -0.4 is 15.9 Å². The Bertz CT molecular complexity index is 1390. The zero-order valence-corrected chi connectivity index (χ0v) is 24.9. The number of aromatic nitrogens is 2. The van der Waals surface area contributed by atoms with E-state index in [0.29, 0.717) is 39.4 Å². The molecule has 0 unspecified atom stereocenters. The summed E-state index contributed by atoms with van der Waals surface area (Å²) in [5.41, 5.74) is 4.07. The summed E-state index contributed by atoms with van der Waals surface area (Å²) in [4.78, 5) is 11.7. The smallest absolute Gasteiger partial charge is 0.229 e. The van der Waals surface area contributed by atoms with Crippen molar-refractivity contribution in [3.8, 4) is 0 Å².